The number of hydrogen-bond donors (Lipinski definition) is 2. The fourth-order valence-electron chi connectivity index (χ4n) is 2.63. The molecule has 8 nitrogen and oxygen atoms in total. The number of anilines is 1. The lowest BCUT2D eigenvalue weighted by Gasteiger charge is -2.22. The van der Waals surface area contributed by atoms with Crippen LogP contribution in [0.1, 0.15) is 29.9 Å². The van der Waals surface area contributed by atoms with E-state index in [0.717, 1.165) is 5.69 Å². The maximum atomic E-state index is 12.7. The number of aromatic nitrogens is 2. The quantitative estimate of drug-likeness (QED) is 0.774. The van der Waals surface area contributed by atoms with Gasteiger partial charge < -0.3 is 20.1 Å². The number of benzene rings is 1. The molecule has 1 aromatic heterocycles. The lowest BCUT2D eigenvalue weighted by Crippen LogP contribution is -2.47. The van der Waals surface area contributed by atoms with Crippen molar-refractivity contribution in [3.63, 3.8) is 0 Å². The molecular formula is C19H26N4O4. The molecule has 2 rings (SSSR count). The van der Waals surface area contributed by atoms with Crippen LogP contribution in [0.2, 0.25) is 0 Å². The largest absolute Gasteiger partial charge is 0.497 e. The van der Waals surface area contributed by atoms with Crippen LogP contribution in [-0.4, -0.2) is 41.9 Å². The first-order valence-electron chi connectivity index (χ1n) is 8.60. The maximum absolute atomic E-state index is 12.7. The van der Waals surface area contributed by atoms with Gasteiger partial charge in [-0.25, -0.2) is 0 Å². The molecular weight excluding hydrogens is 348 g/mol. The van der Waals surface area contributed by atoms with Crippen molar-refractivity contribution in [2.24, 2.45) is 13.0 Å². The van der Waals surface area contributed by atoms with Gasteiger partial charge in [-0.3, -0.25) is 14.3 Å². The summed E-state index contributed by atoms with van der Waals surface area (Å²) in [6, 6.07) is 5.91. The van der Waals surface area contributed by atoms with Crippen molar-refractivity contribution in [3.05, 3.63) is 35.5 Å². The summed E-state index contributed by atoms with van der Waals surface area (Å²) in [7, 11) is 4.77. The van der Waals surface area contributed by atoms with Crippen molar-refractivity contribution in [1.82, 2.24) is 15.1 Å². The number of methoxy groups -OCH3 is 2. The molecule has 0 bridgehead atoms. The van der Waals surface area contributed by atoms with Gasteiger partial charge in [-0.15, -0.1) is 0 Å². The third kappa shape index (κ3) is 4.99. The molecule has 2 N–H and O–H groups in total. The Morgan fingerprint density at radius 3 is 2.11 bits per heavy atom. The first-order valence-corrected chi connectivity index (χ1v) is 8.60. The topological polar surface area (TPSA) is 94.5 Å². The van der Waals surface area contributed by atoms with Gasteiger partial charge in [-0.1, -0.05) is 13.8 Å². The predicted octanol–water partition coefficient (Wildman–Crippen LogP) is 2.14. The van der Waals surface area contributed by atoms with Gasteiger partial charge in [-0.05, 0) is 25.0 Å². The fourth-order valence-corrected chi connectivity index (χ4v) is 2.63. The highest BCUT2D eigenvalue weighted by Crippen LogP contribution is 2.22. The van der Waals surface area contributed by atoms with Crippen molar-refractivity contribution in [3.8, 4) is 11.5 Å². The third-order valence-electron chi connectivity index (χ3n) is 4.10. The summed E-state index contributed by atoms with van der Waals surface area (Å²) in [6.45, 7) is 5.57. The van der Waals surface area contributed by atoms with Crippen molar-refractivity contribution >= 4 is 17.6 Å². The summed E-state index contributed by atoms with van der Waals surface area (Å²) >= 11 is 0. The summed E-state index contributed by atoms with van der Waals surface area (Å²) in [5.74, 6) is 0.750. The monoisotopic (exact) mass is 374 g/mol. The first kappa shape index (κ1) is 20.3. The Bertz CT molecular complexity index is 807. The van der Waals surface area contributed by atoms with Crippen molar-refractivity contribution in [2.75, 3.05) is 19.5 Å². The second-order valence-corrected chi connectivity index (χ2v) is 6.58. The Morgan fingerprint density at radius 2 is 1.67 bits per heavy atom. The second kappa shape index (κ2) is 8.57. The lowest BCUT2D eigenvalue weighted by molar-refractivity contribution is -0.118. The zero-order chi connectivity index (χ0) is 20.1. The molecule has 1 unspecified atom stereocenters. The van der Waals surface area contributed by atoms with E-state index in [1.807, 2.05) is 20.8 Å². The number of aryl methyl sites for hydroxylation is 2. The van der Waals surface area contributed by atoms with Gasteiger partial charge in [0.25, 0.3) is 5.91 Å². The van der Waals surface area contributed by atoms with E-state index in [4.69, 9.17) is 9.47 Å². The smallest absolute Gasteiger partial charge is 0.252 e. The highest BCUT2D eigenvalue weighted by Gasteiger charge is 2.26. The Balaban J connectivity index is 2.19. The molecule has 1 atom stereocenters. The average Bonchev–Trinajstić information content (AvgIpc) is 2.95. The minimum absolute atomic E-state index is 0.115. The van der Waals surface area contributed by atoms with Crippen LogP contribution in [0.3, 0.4) is 0 Å². The number of hydrogen-bond acceptors (Lipinski definition) is 5. The highest BCUT2D eigenvalue weighted by atomic mass is 16.5. The van der Waals surface area contributed by atoms with E-state index in [2.05, 4.69) is 15.7 Å². The molecule has 0 saturated carbocycles. The van der Waals surface area contributed by atoms with Crippen LogP contribution in [-0.2, 0) is 11.8 Å². The van der Waals surface area contributed by atoms with Gasteiger partial charge >= 0.3 is 0 Å². The van der Waals surface area contributed by atoms with Crippen molar-refractivity contribution in [2.45, 2.75) is 26.8 Å². The zero-order valence-electron chi connectivity index (χ0n) is 16.5. The molecule has 0 aliphatic heterocycles. The lowest BCUT2D eigenvalue weighted by atomic mass is 10.0. The Morgan fingerprint density at radius 1 is 1.07 bits per heavy atom. The van der Waals surface area contributed by atoms with Crippen LogP contribution in [0.25, 0.3) is 0 Å². The number of amides is 2. The third-order valence-corrected chi connectivity index (χ3v) is 4.10. The first-order chi connectivity index (χ1) is 12.7. The number of rotatable bonds is 7. The molecule has 1 aromatic carbocycles. The molecule has 8 heteroatoms. The predicted molar refractivity (Wildman–Crippen MR) is 102 cm³/mol. The molecule has 0 fully saturated rings. The summed E-state index contributed by atoms with van der Waals surface area (Å²) in [5.41, 5.74) is 1.14. The fraction of sp³-hybridized carbons (Fsp3) is 0.421. The zero-order valence-corrected chi connectivity index (χ0v) is 16.5. The number of carbonyl (C=O) groups excluding carboxylic acids is 2. The van der Waals surface area contributed by atoms with Crippen molar-refractivity contribution < 1.29 is 19.1 Å². The maximum Gasteiger partial charge on any atom is 0.252 e. The molecule has 2 aromatic rings. The van der Waals surface area contributed by atoms with Crippen LogP contribution >= 0.6 is 0 Å². The molecule has 2 amide bonds. The van der Waals surface area contributed by atoms with E-state index < -0.39 is 6.04 Å². The summed E-state index contributed by atoms with van der Waals surface area (Å²) in [5, 5.41) is 9.80. The van der Waals surface area contributed by atoms with Gasteiger partial charge in [0.15, 0.2) is 0 Å². The van der Waals surface area contributed by atoms with Crippen LogP contribution in [0.15, 0.2) is 24.3 Å². The summed E-state index contributed by atoms with van der Waals surface area (Å²) in [6.07, 6.45) is 0. The van der Waals surface area contributed by atoms with Gasteiger partial charge in [0, 0.05) is 24.7 Å². The van der Waals surface area contributed by atoms with Crippen molar-refractivity contribution in [1.29, 1.82) is 0 Å². The normalized spacial score (nSPS) is 11.8. The number of carbonyl (C=O) groups is 2. The summed E-state index contributed by atoms with van der Waals surface area (Å²) in [4.78, 5) is 25.4. The molecule has 146 valence electrons. The van der Waals surface area contributed by atoms with Gasteiger partial charge in [0.2, 0.25) is 5.91 Å². The second-order valence-electron chi connectivity index (χ2n) is 6.58. The van der Waals surface area contributed by atoms with Crippen LogP contribution in [0, 0.1) is 12.8 Å². The Labute approximate surface area is 158 Å². The Hall–Kier alpha value is -3.03. The number of nitrogens with zero attached hydrogens (tertiary/aromatic N) is 2. The molecule has 1 heterocycles. The molecule has 0 spiro atoms. The van der Waals surface area contributed by atoms with E-state index >= 15 is 0 Å². The summed E-state index contributed by atoms with van der Waals surface area (Å²) < 4.78 is 12.0. The molecule has 0 radical (unpaired) electrons. The molecule has 27 heavy (non-hydrogen) atoms. The minimum Gasteiger partial charge on any atom is -0.497 e. The number of nitrogens with one attached hydrogen (secondary N) is 2. The van der Waals surface area contributed by atoms with E-state index in [1.54, 1.807) is 36.0 Å². The minimum atomic E-state index is -0.718. The Kier molecular flexibility index (Phi) is 6.44. The average molecular weight is 374 g/mol. The highest BCUT2D eigenvalue weighted by molar-refractivity contribution is 6.01. The standard InChI is InChI=1S/C19H26N4O4/c1-11(2)17(19(25)20-16-7-12(3)22-23(16)4)21-18(24)13-8-14(26-5)10-15(9-13)27-6/h7-11,17H,1-6H3,(H,20,25)(H,21,24). The van der Waals surface area contributed by atoms with E-state index in [-0.39, 0.29) is 17.7 Å². The van der Waals surface area contributed by atoms with Crippen LogP contribution < -0.4 is 20.1 Å². The number of ether oxygens (including phenoxy) is 2. The van der Waals surface area contributed by atoms with Gasteiger partial charge in [0.1, 0.15) is 23.4 Å². The van der Waals surface area contributed by atoms with E-state index in [0.29, 0.717) is 22.9 Å². The van der Waals surface area contributed by atoms with Gasteiger partial charge in [-0.2, -0.15) is 5.10 Å². The molecule has 0 saturated heterocycles. The van der Waals surface area contributed by atoms with Crippen LogP contribution in [0.4, 0.5) is 5.82 Å². The van der Waals surface area contributed by atoms with E-state index in [9.17, 15) is 9.59 Å². The SMILES string of the molecule is COc1cc(OC)cc(C(=O)NC(C(=O)Nc2cc(C)nn2C)C(C)C)c1. The molecule has 0 aliphatic rings. The van der Waals surface area contributed by atoms with Gasteiger partial charge in [0.05, 0.1) is 19.9 Å². The van der Waals surface area contributed by atoms with Crippen LogP contribution in [0.5, 0.6) is 11.5 Å². The molecule has 0 aliphatic carbocycles. The van der Waals surface area contributed by atoms with E-state index in [1.165, 1.54) is 14.2 Å².